The molecule has 0 atom stereocenters. The lowest BCUT2D eigenvalue weighted by molar-refractivity contribution is -0.385. The second-order valence-electron chi connectivity index (χ2n) is 3.70. The van der Waals surface area contributed by atoms with Gasteiger partial charge in [0, 0.05) is 18.3 Å². The van der Waals surface area contributed by atoms with Crippen LogP contribution in [0.3, 0.4) is 0 Å². The van der Waals surface area contributed by atoms with Crippen molar-refractivity contribution in [1.29, 1.82) is 5.26 Å². The number of ether oxygens (including phenoxy) is 1. The molecule has 108 valence electrons. The van der Waals surface area contributed by atoms with Crippen LogP contribution in [-0.4, -0.2) is 30.9 Å². The summed E-state index contributed by atoms with van der Waals surface area (Å²) in [6.07, 6.45) is -4.38. The van der Waals surface area contributed by atoms with Gasteiger partial charge in [0.25, 0.3) is 5.69 Å². The minimum atomic E-state index is -4.38. The van der Waals surface area contributed by atoms with E-state index in [-0.39, 0.29) is 24.4 Å². The van der Waals surface area contributed by atoms with E-state index in [1.165, 1.54) is 12.1 Å². The third kappa shape index (κ3) is 5.11. The molecule has 0 fully saturated rings. The number of rotatable bonds is 6. The van der Waals surface area contributed by atoms with E-state index < -0.39 is 17.7 Å². The van der Waals surface area contributed by atoms with E-state index >= 15 is 0 Å². The van der Waals surface area contributed by atoms with Crippen LogP contribution >= 0.6 is 0 Å². The molecule has 0 radical (unpaired) electrons. The first kappa shape index (κ1) is 15.7. The molecule has 6 nitrogen and oxygen atoms in total. The van der Waals surface area contributed by atoms with Crippen molar-refractivity contribution in [3.8, 4) is 6.07 Å². The van der Waals surface area contributed by atoms with E-state index in [2.05, 4.69) is 10.1 Å². The normalized spacial score (nSPS) is 10.9. The number of alkyl halides is 3. The number of nitro groups is 1. The maximum Gasteiger partial charge on any atom is 0.411 e. The molecule has 0 saturated carbocycles. The molecular formula is C11H10F3N3O3. The fraction of sp³-hybridized carbons (Fsp3) is 0.364. The number of nitrogens with one attached hydrogen (secondary N) is 1. The van der Waals surface area contributed by atoms with Crippen molar-refractivity contribution >= 4 is 11.4 Å². The van der Waals surface area contributed by atoms with Crippen LogP contribution in [0.5, 0.6) is 0 Å². The van der Waals surface area contributed by atoms with Gasteiger partial charge in [-0.15, -0.1) is 0 Å². The van der Waals surface area contributed by atoms with Crippen LogP contribution in [0.4, 0.5) is 24.5 Å². The Kier molecular flexibility index (Phi) is 5.28. The lowest BCUT2D eigenvalue weighted by atomic mass is 10.2. The van der Waals surface area contributed by atoms with Gasteiger partial charge in [-0.3, -0.25) is 10.1 Å². The third-order valence-corrected chi connectivity index (χ3v) is 2.16. The van der Waals surface area contributed by atoms with Crippen LogP contribution in [0.2, 0.25) is 0 Å². The summed E-state index contributed by atoms with van der Waals surface area (Å²) in [4.78, 5) is 9.99. The fourth-order valence-corrected chi connectivity index (χ4v) is 1.34. The maximum absolute atomic E-state index is 11.8. The smallest absolute Gasteiger partial charge is 0.383 e. The van der Waals surface area contributed by atoms with E-state index in [1.807, 2.05) is 0 Å². The number of nitriles is 1. The van der Waals surface area contributed by atoms with Crippen LogP contribution in [0, 0.1) is 21.4 Å². The van der Waals surface area contributed by atoms with Gasteiger partial charge in [0.2, 0.25) is 0 Å². The zero-order valence-electron chi connectivity index (χ0n) is 10.1. The quantitative estimate of drug-likeness (QED) is 0.493. The van der Waals surface area contributed by atoms with Gasteiger partial charge in [-0.1, -0.05) is 0 Å². The highest BCUT2D eigenvalue weighted by atomic mass is 19.4. The molecule has 0 heterocycles. The Morgan fingerprint density at radius 1 is 1.45 bits per heavy atom. The molecule has 0 bridgehead atoms. The summed E-state index contributed by atoms with van der Waals surface area (Å²) in [5.74, 6) is 0. The predicted molar refractivity (Wildman–Crippen MR) is 63.2 cm³/mol. The molecule has 0 spiro atoms. The molecule has 0 aliphatic heterocycles. The van der Waals surface area contributed by atoms with E-state index in [4.69, 9.17) is 5.26 Å². The first-order valence-electron chi connectivity index (χ1n) is 5.40. The molecule has 0 amide bonds. The van der Waals surface area contributed by atoms with Crippen LogP contribution < -0.4 is 5.32 Å². The lowest BCUT2D eigenvalue weighted by Crippen LogP contribution is -2.20. The zero-order chi connectivity index (χ0) is 15.2. The number of halogens is 3. The summed E-state index contributed by atoms with van der Waals surface area (Å²) in [5, 5.41) is 22.0. The number of nitro benzene ring substituents is 1. The second kappa shape index (κ2) is 6.72. The summed E-state index contributed by atoms with van der Waals surface area (Å²) in [6.45, 7) is -1.49. The number of anilines is 1. The Labute approximate surface area is 111 Å². The van der Waals surface area contributed by atoms with Gasteiger partial charge < -0.3 is 10.1 Å². The Balaban J connectivity index is 2.51. The minimum absolute atomic E-state index is 0.0547. The third-order valence-electron chi connectivity index (χ3n) is 2.16. The molecule has 1 aromatic rings. The molecule has 0 aliphatic rings. The van der Waals surface area contributed by atoms with E-state index in [1.54, 1.807) is 6.07 Å². The minimum Gasteiger partial charge on any atom is -0.383 e. The molecule has 20 heavy (non-hydrogen) atoms. The van der Waals surface area contributed by atoms with Crippen molar-refractivity contribution in [2.24, 2.45) is 0 Å². The fourth-order valence-electron chi connectivity index (χ4n) is 1.34. The van der Waals surface area contributed by atoms with E-state index in [0.29, 0.717) is 5.69 Å². The zero-order valence-corrected chi connectivity index (χ0v) is 10.1. The molecule has 0 saturated heterocycles. The Bertz CT molecular complexity index is 526. The highest BCUT2D eigenvalue weighted by Gasteiger charge is 2.27. The number of benzene rings is 1. The van der Waals surface area contributed by atoms with Crippen LogP contribution in [0.1, 0.15) is 5.56 Å². The first-order chi connectivity index (χ1) is 9.33. The largest absolute Gasteiger partial charge is 0.411 e. The lowest BCUT2D eigenvalue weighted by Gasteiger charge is -2.09. The molecule has 1 N–H and O–H groups in total. The van der Waals surface area contributed by atoms with Gasteiger partial charge in [0.1, 0.15) is 18.2 Å². The second-order valence-corrected chi connectivity index (χ2v) is 3.70. The van der Waals surface area contributed by atoms with E-state index in [0.717, 1.165) is 6.07 Å². The van der Waals surface area contributed by atoms with E-state index in [9.17, 15) is 23.3 Å². The summed E-state index contributed by atoms with van der Waals surface area (Å²) in [7, 11) is 0. The van der Waals surface area contributed by atoms with Crippen molar-refractivity contribution in [2.75, 3.05) is 25.1 Å². The summed E-state index contributed by atoms with van der Waals surface area (Å²) >= 11 is 0. The molecule has 0 aromatic heterocycles. The van der Waals surface area contributed by atoms with Gasteiger partial charge in [-0.2, -0.15) is 18.4 Å². The Morgan fingerprint density at radius 3 is 2.70 bits per heavy atom. The van der Waals surface area contributed by atoms with Crippen molar-refractivity contribution in [2.45, 2.75) is 6.18 Å². The van der Waals surface area contributed by atoms with Gasteiger partial charge in [-0.25, -0.2) is 0 Å². The average molecular weight is 289 g/mol. The SMILES string of the molecule is N#Cc1ccc(NCCOCC(F)(F)F)cc1[N+](=O)[O-]. The number of hydrogen-bond donors (Lipinski definition) is 1. The molecule has 0 aliphatic carbocycles. The molecule has 0 unspecified atom stereocenters. The predicted octanol–water partition coefficient (Wildman–Crippen LogP) is 2.46. The molecule has 1 rings (SSSR count). The standard InChI is InChI=1S/C11H10F3N3O3/c12-11(13,14)7-20-4-3-16-9-2-1-8(6-15)10(5-9)17(18)19/h1-2,5,16H,3-4,7H2. The Hall–Kier alpha value is -2.34. The van der Waals surface area contributed by atoms with Crippen molar-refractivity contribution in [3.05, 3.63) is 33.9 Å². The van der Waals surface area contributed by atoms with Crippen molar-refractivity contribution in [1.82, 2.24) is 0 Å². The summed E-state index contributed by atoms with van der Waals surface area (Å²) in [5.41, 5.74) is -0.131. The summed E-state index contributed by atoms with van der Waals surface area (Å²) in [6, 6.07) is 5.51. The van der Waals surface area contributed by atoms with Crippen molar-refractivity contribution in [3.63, 3.8) is 0 Å². The number of nitrogens with zero attached hydrogens (tertiary/aromatic N) is 2. The molecular weight excluding hydrogens is 279 g/mol. The van der Waals surface area contributed by atoms with Gasteiger partial charge in [-0.05, 0) is 12.1 Å². The average Bonchev–Trinajstić information content (AvgIpc) is 2.36. The van der Waals surface area contributed by atoms with Crippen LogP contribution in [0.15, 0.2) is 18.2 Å². The van der Waals surface area contributed by atoms with Crippen LogP contribution in [0.25, 0.3) is 0 Å². The molecule has 9 heteroatoms. The van der Waals surface area contributed by atoms with Crippen molar-refractivity contribution < 1.29 is 22.8 Å². The topological polar surface area (TPSA) is 88.2 Å². The first-order valence-corrected chi connectivity index (χ1v) is 5.40. The highest BCUT2D eigenvalue weighted by molar-refractivity contribution is 5.59. The highest BCUT2D eigenvalue weighted by Crippen LogP contribution is 2.22. The monoisotopic (exact) mass is 289 g/mol. The number of hydrogen-bond acceptors (Lipinski definition) is 5. The Morgan fingerprint density at radius 2 is 2.15 bits per heavy atom. The maximum atomic E-state index is 11.8. The molecule has 1 aromatic carbocycles. The van der Waals surface area contributed by atoms with Crippen LogP contribution in [-0.2, 0) is 4.74 Å². The summed E-state index contributed by atoms with van der Waals surface area (Å²) < 4.78 is 39.7. The van der Waals surface area contributed by atoms with Gasteiger partial charge in [0.15, 0.2) is 0 Å². The van der Waals surface area contributed by atoms with Gasteiger partial charge >= 0.3 is 6.18 Å². The van der Waals surface area contributed by atoms with Gasteiger partial charge in [0.05, 0.1) is 11.5 Å².